The van der Waals surface area contributed by atoms with Crippen molar-refractivity contribution in [3.05, 3.63) is 11.8 Å². The maximum absolute atomic E-state index is 12.8. The molecule has 3 aliphatic heterocycles. The number of ether oxygens (including phenoxy) is 3. The van der Waals surface area contributed by atoms with Gasteiger partial charge in [-0.25, -0.2) is 4.68 Å². The van der Waals surface area contributed by atoms with E-state index in [1.165, 1.54) is 0 Å². The van der Waals surface area contributed by atoms with Gasteiger partial charge in [0.2, 0.25) is 5.88 Å². The summed E-state index contributed by atoms with van der Waals surface area (Å²) in [5.74, 6) is 0.629. The van der Waals surface area contributed by atoms with E-state index in [4.69, 9.17) is 14.2 Å². The monoisotopic (exact) mass is 293 g/mol. The topological polar surface area (TPSA) is 65.8 Å². The molecule has 21 heavy (non-hydrogen) atoms. The van der Waals surface area contributed by atoms with Crippen LogP contribution in [-0.4, -0.2) is 65.7 Å². The van der Waals surface area contributed by atoms with Crippen LogP contribution in [0.3, 0.4) is 0 Å². The Hall–Kier alpha value is -1.60. The second kappa shape index (κ2) is 5.31. The Kier molecular flexibility index (Phi) is 3.31. The summed E-state index contributed by atoms with van der Waals surface area (Å²) in [4.78, 5) is 14.6. The summed E-state index contributed by atoms with van der Waals surface area (Å²) in [5.41, 5.74) is 0.453. The van der Waals surface area contributed by atoms with E-state index in [1.54, 1.807) is 10.7 Å². The van der Waals surface area contributed by atoms with Crippen LogP contribution >= 0.6 is 0 Å². The highest BCUT2D eigenvalue weighted by molar-refractivity contribution is 5.93. The Morgan fingerprint density at radius 1 is 1.29 bits per heavy atom. The highest BCUT2D eigenvalue weighted by Gasteiger charge is 2.37. The second-order valence-corrected chi connectivity index (χ2v) is 5.63. The fourth-order valence-corrected chi connectivity index (χ4v) is 3.25. The molecule has 3 aliphatic rings. The van der Waals surface area contributed by atoms with Crippen LogP contribution in [0.4, 0.5) is 0 Å². The zero-order chi connectivity index (χ0) is 14.2. The van der Waals surface area contributed by atoms with Crippen molar-refractivity contribution in [3.63, 3.8) is 0 Å². The zero-order valence-corrected chi connectivity index (χ0v) is 11.9. The average molecular weight is 293 g/mol. The number of aromatic nitrogens is 2. The fourth-order valence-electron chi connectivity index (χ4n) is 3.25. The number of carbonyl (C=O) groups is 1. The first-order valence-electron chi connectivity index (χ1n) is 7.54. The van der Waals surface area contributed by atoms with Crippen LogP contribution in [0.15, 0.2) is 6.07 Å². The molecule has 1 aromatic rings. The van der Waals surface area contributed by atoms with Crippen molar-refractivity contribution in [1.29, 1.82) is 0 Å². The lowest BCUT2D eigenvalue weighted by Gasteiger charge is -2.38. The molecule has 0 saturated carbocycles. The number of rotatable bonds is 2. The molecular weight excluding hydrogens is 274 g/mol. The molecule has 4 rings (SSSR count). The maximum Gasteiger partial charge on any atom is 0.275 e. The van der Waals surface area contributed by atoms with E-state index in [1.807, 2.05) is 4.90 Å². The van der Waals surface area contributed by atoms with E-state index in [2.05, 4.69) is 5.10 Å². The Bertz CT molecular complexity index is 517. The van der Waals surface area contributed by atoms with E-state index < -0.39 is 0 Å². The zero-order valence-electron chi connectivity index (χ0n) is 11.9. The van der Waals surface area contributed by atoms with Gasteiger partial charge in [-0.2, -0.15) is 5.10 Å². The lowest BCUT2D eigenvalue weighted by Crippen LogP contribution is -2.54. The summed E-state index contributed by atoms with van der Waals surface area (Å²) in [6.07, 6.45) is 2.12. The van der Waals surface area contributed by atoms with Crippen molar-refractivity contribution in [2.24, 2.45) is 0 Å². The molecule has 7 heteroatoms. The standard InChI is InChI=1S/C14H19N3O4/c18-14(10-8-13-17(15-10)4-7-21-13)16-3-6-19-9-11(16)12-2-1-5-20-12/h8,11-12H,1-7,9H2. The molecule has 1 aromatic heterocycles. The molecule has 2 unspecified atom stereocenters. The average Bonchev–Trinajstić information content (AvgIpc) is 3.22. The van der Waals surface area contributed by atoms with Gasteiger partial charge in [0.1, 0.15) is 6.61 Å². The third-order valence-corrected chi connectivity index (χ3v) is 4.34. The summed E-state index contributed by atoms with van der Waals surface area (Å²) in [5, 5.41) is 4.35. The summed E-state index contributed by atoms with van der Waals surface area (Å²) >= 11 is 0. The molecule has 0 aromatic carbocycles. The fraction of sp³-hybridized carbons (Fsp3) is 0.714. The first-order chi connectivity index (χ1) is 10.3. The number of fused-ring (bicyclic) bond motifs is 1. The molecule has 0 N–H and O–H groups in total. The quantitative estimate of drug-likeness (QED) is 0.784. The van der Waals surface area contributed by atoms with Crippen LogP contribution in [0.25, 0.3) is 0 Å². The third kappa shape index (κ3) is 2.30. The van der Waals surface area contributed by atoms with Crippen molar-refractivity contribution >= 4 is 5.91 Å². The Morgan fingerprint density at radius 3 is 3.05 bits per heavy atom. The van der Waals surface area contributed by atoms with Crippen molar-refractivity contribution in [1.82, 2.24) is 14.7 Å². The molecule has 0 spiro atoms. The van der Waals surface area contributed by atoms with Gasteiger partial charge in [0, 0.05) is 19.2 Å². The normalized spacial score (nSPS) is 28.5. The number of amides is 1. The minimum absolute atomic E-state index is 0.00814. The number of hydrogen-bond donors (Lipinski definition) is 0. The summed E-state index contributed by atoms with van der Waals surface area (Å²) in [6.45, 7) is 3.81. The van der Waals surface area contributed by atoms with Crippen molar-refractivity contribution < 1.29 is 19.0 Å². The summed E-state index contributed by atoms with van der Waals surface area (Å²) in [7, 11) is 0. The Morgan fingerprint density at radius 2 is 2.24 bits per heavy atom. The van der Waals surface area contributed by atoms with Gasteiger partial charge in [0.25, 0.3) is 5.91 Å². The smallest absolute Gasteiger partial charge is 0.275 e. The van der Waals surface area contributed by atoms with E-state index >= 15 is 0 Å². The highest BCUT2D eigenvalue weighted by atomic mass is 16.5. The molecule has 2 saturated heterocycles. The predicted molar refractivity (Wildman–Crippen MR) is 72.3 cm³/mol. The molecule has 7 nitrogen and oxygen atoms in total. The predicted octanol–water partition coefficient (Wildman–Crippen LogP) is 0.295. The van der Waals surface area contributed by atoms with Crippen LogP contribution < -0.4 is 4.74 Å². The van der Waals surface area contributed by atoms with E-state index in [-0.39, 0.29) is 18.1 Å². The van der Waals surface area contributed by atoms with Crippen LogP contribution in [0, 0.1) is 0 Å². The number of nitrogens with zero attached hydrogens (tertiary/aromatic N) is 3. The number of morpholine rings is 1. The molecule has 2 fully saturated rings. The SMILES string of the molecule is O=C(c1cc2n(n1)CCO2)N1CCOCC1C1CCCO1. The van der Waals surface area contributed by atoms with E-state index in [0.29, 0.717) is 44.5 Å². The van der Waals surface area contributed by atoms with Gasteiger partial charge in [-0.1, -0.05) is 0 Å². The van der Waals surface area contributed by atoms with E-state index in [9.17, 15) is 4.79 Å². The van der Waals surface area contributed by atoms with Gasteiger partial charge < -0.3 is 19.1 Å². The van der Waals surface area contributed by atoms with Gasteiger partial charge >= 0.3 is 0 Å². The van der Waals surface area contributed by atoms with Gasteiger partial charge in [-0.3, -0.25) is 4.79 Å². The van der Waals surface area contributed by atoms with Gasteiger partial charge in [0.05, 0.1) is 31.9 Å². The van der Waals surface area contributed by atoms with Crippen LogP contribution in [0.5, 0.6) is 5.88 Å². The first kappa shape index (κ1) is 13.1. The molecule has 0 radical (unpaired) electrons. The Balaban J connectivity index is 1.55. The van der Waals surface area contributed by atoms with Crippen molar-refractivity contribution in [3.8, 4) is 5.88 Å². The number of carbonyl (C=O) groups excluding carboxylic acids is 1. The molecule has 0 bridgehead atoms. The van der Waals surface area contributed by atoms with Gasteiger partial charge in [-0.05, 0) is 12.8 Å². The summed E-state index contributed by atoms with van der Waals surface area (Å²) in [6, 6.07) is 1.73. The molecule has 1 amide bonds. The largest absolute Gasteiger partial charge is 0.476 e. The van der Waals surface area contributed by atoms with Crippen LogP contribution in [0.1, 0.15) is 23.3 Å². The Labute approximate surface area is 122 Å². The van der Waals surface area contributed by atoms with E-state index in [0.717, 1.165) is 19.4 Å². The number of hydrogen-bond acceptors (Lipinski definition) is 5. The minimum Gasteiger partial charge on any atom is -0.476 e. The van der Waals surface area contributed by atoms with Crippen LogP contribution in [-0.2, 0) is 16.0 Å². The lowest BCUT2D eigenvalue weighted by molar-refractivity contribution is -0.0532. The lowest BCUT2D eigenvalue weighted by atomic mass is 10.1. The highest BCUT2D eigenvalue weighted by Crippen LogP contribution is 2.25. The molecule has 114 valence electrons. The van der Waals surface area contributed by atoms with Gasteiger partial charge in [0.15, 0.2) is 5.69 Å². The van der Waals surface area contributed by atoms with Crippen LogP contribution in [0.2, 0.25) is 0 Å². The molecule has 4 heterocycles. The van der Waals surface area contributed by atoms with Crippen molar-refractivity contribution in [2.75, 3.05) is 33.0 Å². The van der Waals surface area contributed by atoms with Gasteiger partial charge in [-0.15, -0.1) is 0 Å². The minimum atomic E-state index is -0.0516. The first-order valence-corrected chi connectivity index (χ1v) is 7.54. The molecule has 2 atom stereocenters. The molecule has 0 aliphatic carbocycles. The van der Waals surface area contributed by atoms with Crippen molar-refractivity contribution in [2.45, 2.75) is 31.5 Å². The third-order valence-electron chi connectivity index (χ3n) is 4.34. The summed E-state index contributed by atoms with van der Waals surface area (Å²) < 4.78 is 18.5. The maximum atomic E-state index is 12.8. The molecular formula is C14H19N3O4. The second-order valence-electron chi connectivity index (χ2n) is 5.63.